The number of aryl methyl sites for hydroxylation is 1. The van der Waals surface area contributed by atoms with Crippen molar-refractivity contribution in [3.05, 3.63) is 47.7 Å². The standard InChI is InChI=1S/C15H21N3/c1-4-17(5-2)15-11-13(3)16-18(15)12-14-9-7-6-8-10-14/h6-11H,4-5,12H2,1-3H3. The van der Waals surface area contributed by atoms with Crippen molar-refractivity contribution in [1.82, 2.24) is 9.78 Å². The second kappa shape index (κ2) is 5.71. The minimum Gasteiger partial charge on any atom is -0.357 e. The van der Waals surface area contributed by atoms with Crippen molar-refractivity contribution in [3.8, 4) is 0 Å². The van der Waals surface area contributed by atoms with Gasteiger partial charge in [-0.2, -0.15) is 5.10 Å². The van der Waals surface area contributed by atoms with Crippen LogP contribution in [0.25, 0.3) is 0 Å². The van der Waals surface area contributed by atoms with Crippen molar-refractivity contribution in [2.45, 2.75) is 27.3 Å². The third-order valence-corrected chi connectivity index (χ3v) is 3.14. The van der Waals surface area contributed by atoms with E-state index in [2.05, 4.69) is 65.8 Å². The Morgan fingerprint density at radius 3 is 2.39 bits per heavy atom. The topological polar surface area (TPSA) is 21.1 Å². The van der Waals surface area contributed by atoms with Gasteiger partial charge in [-0.3, -0.25) is 0 Å². The highest BCUT2D eigenvalue weighted by atomic mass is 15.4. The maximum atomic E-state index is 4.60. The van der Waals surface area contributed by atoms with E-state index >= 15 is 0 Å². The maximum Gasteiger partial charge on any atom is 0.127 e. The molecule has 2 rings (SSSR count). The zero-order valence-corrected chi connectivity index (χ0v) is 11.4. The summed E-state index contributed by atoms with van der Waals surface area (Å²) >= 11 is 0. The largest absolute Gasteiger partial charge is 0.357 e. The van der Waals surface area contributed by atoms with Gasteiger partial charge in [0.15, 0.2) is 0 Å². The van der Waals surface area contributed by atoms with Gasteiger partial charge in [-0.05, 0) is 26.3 Å². The monoisotopic (exact) mass is 243 g/mol. The summed E-state index contributed by atoms with van der Waals surface area (Å²) in [4.78, 5) is 2.34. The minimum absolute atomic E-state index is 0.834. The Labute approximate surface area is 109 Å². The minimum atomic E-state index is 0.834. The number of rotatable bonds is 5. The van der Waals surface area contributed by atoms with Gasteiger partial charge in [0.25, 0.3) is 0 Å². The summed E-state index contributed by atoms with van der Waals surface area (Å²) in [6.07, 6.45) is 0. The van der Waals surface area contributed by atoms with Crippen molar-refractivity contribution in [2.24, 2.45) is 0 Å². The van der Waals surface area contributed by atoms with Crippen LogP contribution in [0.5, 0.6) is 0 Å². The summed E-state index contributed by atoms with van der Waals surface area (Å²) in [5.74, 6) is 1.21. The van der Waals surface area contributed by atoms with E-state index in [1.165, 1.54) is 11.4 Å². The van der Waals surface area contributed by atoms with Gasteiger partial charge in [0.1, 0.15) is 5.82 Å². The van der Waals surface area contributed by atoms with E-state index in [0.717, 1.165) is 25.3 Å². The quantitative estimate of drug-likeness (QED) is 0.804. The molecule has 18 heavy (non-hydrogen) atoms. The molecule has 0 atom stereocenters. The van der Waals surface area contributed by atoms with Gasteiger partial charge in [0, 0.05) is 19.2 Å². The third-order valence-electron chi connectivity index (χ3n) is 3.14. The molecule has 1 heterocycles. The molecule has 96 valence electrons. The fourth-order valence-corrected chi connectivity index (χ4v) is 2.21. The molecule has 0 N–H and O–H groups in total. The summed E-state index contributed by atoms with van der Waals surface area (Å²) in [7, 11) is 0. The highest BCUT2D eigenvalue weighted by Gasteiger charge is 2.10. The number of benzene rings is 1. The van der Waals surface area contributed by atoms with Gasteiger partial charge in [-0.15, -0.1) is 0 Å². The number of anilines is 1. The van der Waals surface area contributed by atoms with E-state index < -0.39 is 0 Å². The second-order valence-electron chi connectivity index (χ2n) is 4.46. The van der Waals surface area contributed by atoms with Crippen LogP contribution in [0.4, 0.5) is 5.82 Å². The summed E-state index contributed by atoms with van der Waals surface area (Å²) in [6, 6.07) is 12.6. The van der Waals surface area contributed by atoms with Crippen LogP contribution in [0.1, 0.15) is 25.1 Å². The molecule has 0 saturated heterocycles. The van der Waals surface area contributed by atoms with Gasteiger partial charge in [-0.1, -0.05) is 30.3 Å². The highest BCUT2D eigenvalue weighted by Crippen LogP contribution is 2.17. The predicted octanol–water partition coefficient (Wildman–Crippen LogP) is 3.09. The second-order valence-corrected chi connectivity index (χ2v) is 4.46. The van der Waals surface area contributed by atoms with Gasteiger partial charge < -0.3 is 4.90 Å². The Balaban J connectivity index is 2.27. The summed E-state index contributed by atoms with van der Waals surface area (Å²) in [5, 5.41) is 4.60. The lowest BCUT2D eigenvalue weighted by Crippen LogP contribution is -2.25. The lowest BCUT2D eigenvalue weighted by Gasteiger charge is -2.21. The van der Waals surface area contributed by atoms with Crippen LogP contribution in [0.3, 0.4) is 0 Å². The molecular formula is C15H21N3. The lowest BCUT2D eigenvalue weighted by atomic mass is 10.2. The molecule has 0 bridgehead atoms. The Kier molecular flexibility index (Phi) is 4.03. The smallest absolute Gasteiger partial charge is 0.127 e. The zero-order valence-electron chi connectivity index (χ0n) is 11.4. The Morgan fingerprint density at radius 1 is 1.11 bits per heavy atom. The molecule has 1 aromatic carbocycles. The Bertz CT molecular complexity index is 484. The van der Waals surface area contributed by atoms with Gasteiger partial charge in [0.2, 0.25) is 0 Å². The van der Waals surface area contributed by atoms with Crippen LogP contribution in [-0.2, 0) is 6.54 Å². The molecule has 0 aliphatic heterocycles. The van der Waals surface area contributed by atoms with E-state index in [9.17, 15) is 0 Å². The normalized spacial score (nSPS) is 10.6. The fraction of sp³-hybridized carbons (Fsp3) is 0.400. The number of hydrogen-bond donors (Lipinski definition) is 0. The molecule has 0 amide bonds. The maximum absolute atomic E-state index is 4.60. The molecular weight excluding hydrogens is 222 g/mol. The van der Waals surface area contributed by atoms with Crippen LogP contribution >= 0.6 is 0 Å². The van der Waals surface area contributed by atoms with Crippen LogP contribution < -0.4 is 4.90 Å². The van der Waals surface area contributed by atoms with E-state index in [1.54, 1.807) is 0 Å². The van der Waals surface area contributed by atoms with Crippen LogP contribution in [0, 0.1) is 6.92 Å². The number of hydrogen-bond acceptors (Lipinski definition) is 2. The van der Waals surface area contributed by atoms with Crippen molar-refractivity contribution in [1.29, 1.82) is 0 Å². The van der Waals surface area contributed by atoms with Crippen molar-refractivity contribution in [3.63, 3.8) is 0 Å². The first-order chi connectivity index (χ1) is 8.74. The molecule has 0 aliphatic rings. The predicted molar refractivity (Wildman–Crippen MR) is 76.1 cm³/mol. The fourth-order valence-electron chi connectivity index (χ4n) is 2.21. The first-order valence-corrected chi connectivity index (χ1v) is 6.58. The molecule has 2 aromatic rings. The molecule has 0 unspecified atom stereocenters. The van der Waals surface area contributed by atoms with Crippen molar-refractivity contribution >= 4 is 5.82 Å². The van der Waals surface area contributed by atoms with E-state index in [1.807, 2.05) is 6.07 Å². The van der Waals surface area contributed by atoms with Crippen molar-refractivity contribution in [2.75, 3.05) is 18.0 Å². The van der Waals surface area contributed by atoms with E-state index in [0.29, 0.717) is 0 Å². The molecule has 0 aliphatic carbocycles. The molecule has 0 spiro atoms. The van der Waals surface area contributed by atoms with Gasteiger partial charge in [0.05, 0.1) is 12.2 Å². The molecule has 0 radical (unpaired) electrons. The summed E-state index contributed by atoms with van der Waals surface area (Å²) in [5.41, 5.74) is 2.36. The molecule has 3 heteroatoms. The molecule has 1 aromatic heterocycles. The SMILES string of the molecule is CCN(CC)c1cc(C)nn1Cc1ccccc1. The van der Waals surface area contributed by atoms with Gasteiger partial charge >= 0.3 is 0 Å². The average molecular weight is 243 g/mol. The summed E-state index contributed by atoms with van der Waals surface area (Å²) < 4.78 is 2.09. The average Bonchev–Trinajstić information content (AvgIpc) is 2.73. The van der Waals surface area contributed by atoms with Crippen LogP contribution in [-0.4, -0.2) is 22.9 Å². The van der Waals surface area contributed by atoms with E-state index in [4.69, 9.17) is 0 Å². The Morgan fingerprint density at radius 2 is 1.78 bits per heavy atom. The highest BCUT2D eigenvalue weighted by molar-refractivity contribution is 5.41. The van der Waals surface area contributed by atoms with Crippen LogP contribution in [0.2, 0.25) is 0 Å². The first kappa shape index (κ1) is 12.7. The third kappa shape index (κ3) is 2.73. The number of nitrogens with zero attached hydrogens (tertiary/aromatic N) is 3. The first-order valence-electron chi connectivity index (χ1n) is 6.58. The molecule has 3 nitrogen and oxygen atoms in total. The summed E-state index contributed by atoms with van der Waals surface area (Å²) in [6.45, 7) is 9.26. The van der Waals surface area contributed by atoms with Crippen molar-refractivity contribution < 1.29 is 0 Å². The van der Waals surface area contributed by atoms with Gasteiger partial charge in [-0.25, -0.2) is 4.68 Å². The van der Waals surface area contributed by atoms with E-state index in [-0.39, 0.29) is 0 Å². The Hall–Kier alpha value is -1.77. The zero-order chi connectivity index (χ0) is 13.0. The molecule has 0 saturated carbocycles. The molecule has 0 fully saturated rings. The lowest BCUT2D eigenvalue weighted by molar-refractivity contribution is 0.657. The van der Waals surface area contributed by atoms with Crippen LogP contribution in [0.15, 0.2) is 36.4 Å². The number of aromatic nitrogens is 2.